The molecular formula is C8H17N. The molecule has 0 radical (unpaired) electrons. The molecule has 1 aliphatic rings. The highest BCUT2D eigenvalue weighted by molar-refractivity contribution is 4.86. The minimum absolute atomic E-state index is 0.564. The molecule has 0 unspecified atom stereocenters. The van der Waals surface area contributed by atoms with E-state index in [4.69, 9.17) is 0 Å². The molecular weight excluding hydrogens is 110 g/mol. The summed E-state index contributed by atoms with van der Waals surface area (Å²) in [4.78, 5) is 2.43. The number of hydrogen-bond acceptors (Lipinski definition) is 1. The van der Waals surface area contributed by atoms with Crippen LogP contribution in [0.2, 0.25) is 0 Å². The number of rotatable bonds is 0. The van der Waals surface area contributed by atoms with Gasteiger partial charge in [-0.15, -0.1) is 0 Å². The molecule has 1 nitrogen and oxygen atoms in total. The van der Waals surface area contributed by atoms with Gasteiger partial charge in [-0.05, 0) is 25.8 Å². The molecule has 1 aliphatic heterocycles. The van der Waals surface area contributed by atoms with Gasteiger partial charge in [0.2, 0.25) is 0 Å². The van der Waals surface area contributed by atoms with Crippen LogP contribution in [-0.2, 0) is 0 Å². The highest BCUT2D eigenvalue weighted by Crippen LogP contribution is 2.31. The van der Waals surface area contributed by atoms with Crippen LogP contribution in [0.4, 0.5) is 0 Å². The number of hydrogen-bond donors (Lipinski definition) is 0. The average Bonchev–Trinajstić information content (AvgIpc) is 1.79. The van der Waals surface area contributed by atoms with Crippen LogP contribution in [0.25, 0.3) is 0 Å². The van der Waals surface area contributed by atoms with E-state index in [1.807, 2.05) is 0 Å². The Morgan fingerprint density at radius 1 is 1.44 bits per heavy atom. The van der Waals surface area contributed by atoms with E-state index in [-0.39, 0.29) is 0 Å². The van der Waals surface area contributed by atoms with Crippen LogP contribution in [0.5, 0.6) is 0 Å². The Kier molecular flexibility index (Phi) is 1.55. The van der Waals surface area contributed by atoms with Gasteiger partial charge in [0.05, 0.1) is 0 Å². The molecule has 0 amide bonds. The Hall–Kier alpha value is -0.0400. The molecule has 1 heteroatoms. The van der Waals surface area contributed by atoms with Crippen LogP contribution < -0.4 is 0 Å². The number of nitrogens with zero attached hydrogens (tertiary/aromatic N) is 1. The smallest absolute Gasteiger partial charge is 0.00696 e. The van der Waals surface area contributed by atoms with Gasteiger partial charge in [-0.1, -0.05) is 13.8 Å². The molecule has 0 aliphatic carbocycles. The lowest BCUT2D eigenvalue weighted by Gasteiger charge is -2.15. The summed E-state index contributed by atoms with van der Waals surface area (Å²) in [5.41, 5.74) is 0.564. The first-order valence-electron chi connectivity index (χ1n) is 3.71. The third kappa shape index (κ3) is 1.45. The van der Waals surface area contributed by atoms with Crippen molar-refractivity contribution in [2.45, 2.75) is 33.2 Å². The minimum atomic E-state index is 0.564. The molecule has 54 valence electrons. The predicted octanol–water partition coefficient (Wildman–Crippen LogP) is 1.74. The SMILES string of the molecule is C[C@@H]1CC(C)(C)CN1C. The van der Waals surface area contributed by atoms with Crippen molar-refractivity contribution in [2.24, 2.45) is 5.41 Å². The Balaban J connectivity index is 2.54. The highest BCUT2D eigenvalue weighted by atomic mass is 15.2. The van der Waals surface area contributed by atoms with Gasteiger partial charge in [-0.3, -0.25) is 0 Å². The van der Waals surface area contributed by atoms with Crippen LogP contribution in [0.3, 0.4) is 0 Å². The molecule has 0 bridgehead atoms. The average molecular weight is 127 g/mol. The quantitative estimate of drug-likeness (QED) is 0.479. The molecule has 0 aromatic carbocycles. The van der Waals surface area contributed by atoms with Gasteiger partial charge in [-0.25, -0.2) is 0 Å². The first-order valence-corrected chi connectivity index (χ1v) is 3.71. The van der Waals surface area contributed by atoms with E-state index in [1.54, 1.807) is 0 Å². The monoisotopic (exact) mass is 127 g/mol. The lowest BCUT2D eigenvalue weighted by Crippen LogP contribution is -2.22. The van der Waals surface area contributed by atoms with Gasteiger partial charge >= 0.3 is 0 Å². The topological polar surface area (TPSA) is 3.24 Å². The molecule has 1 fully saturated rings. The van der Waals surface area contributed by atoms with Crippen molar-refractivity contribution in [3.63, 3.8) is 0 Å². The molecule has 0 aromatic rings. The molecule has 1 atom stereocenters. The summed E-state index contributed by atoms with van der Waals surface area (Å²) in [7, 11) is 2.21. The molecule has 1 heterocycles. The van der Waals surface area contributed by atoms with E-state index in [9.17, 15) is 0 Å². The summed E-state index contributed by atoms with van der Waals surface area (Å²) in [6.45, 7) is 8.24. The molecule has 9 heavy (non-hydrogen) atoms. The second-order valence-corrected chi connectivity index (χ2v) is 4.13. The third-order valence-corrected chi connectivity index (χ3v) is 2.28. The normalized spacial score (nSPS) is 35.3. The predicted molar refractivity (Wildman–Crippen MR) is 40.5 cm³/mol. The molecule has 0 N–H and O–H groups in total. The van der Waals surface area contributed by atoms with Crippen molar-refractivity contribution < 1.29 is 0 Å². The van der Waals surface area contributed by atoms with Crippen molar-refractivity contribution >= 4 is 0 Å². The fraction of sp³-hybridized carbons (Fsp3) is 1.00. The Labute approximate surface area is 58.0 Å². The van der Waals surface area contributed by atoms with Crippen LogP contribution >= 0.6 is 0 Å². The Bertz CT molecular complexity index is 95.1. The summed E-state index contributed by atoms with van der Waals surface area (Å²) in [5.74, 6) is 0. The first kappa shape index (κ1) is 7.07. The first-order chi connectivity index (χ1) is 4.01. The Morgan fingerprint density at radius 3 is 2.11 bits per heavy atom. The molecule has 0 saturated carbocycles. The standard InChI is InChI=1S/C8H17N/c1-7-5-8(2,3)6-9(7)4/h7H,5-6H2,1-4H3/t7-/m1/s1. The van der Waals surface area contributed by atoms with Crippen LogP contribution in [0.15, 0.2) is 0 Å². The van der Waals surface area contributed by atoms with Crippen LogP contribution in [-0.4, -0.2) is 24.5 Å². The number of likely N-dealkylation sites (tertiary alicyclic amines) is 1. The van der Waals surface area contributed by atoms with Gasteiger partial charge in [0.1, 0.15) is 0 Å². The zero-order chi connectivity index (χ0) is 7.07. The fourth-order valence-electron chi connectivity index (χ4n) is 1.85. The molecule has 0 aromatic heterocycles. The Morgan fingerprint density at radius 2 is 2.00 bits per heavy atom. The van der Waals surface area contributed by atoms with E-state index < -0.39 is 0 Å². The minimum Gasteiger partial charge on any atom is -0.303 e. The zero-order valence-electron chi connectivity index (χ0n) is 6.94. The maximum atomic E-state index is 2.43. The fourth-order valence-corrected chi connectivity index (χ4v) is 1.85. The highest BCUT2D eigenvalue weighted by Gasteiger charge is 2.31. The summed E-state index contributed by atoms with van der Waals surface area (Å²) in [6.07, 6.45) is 1.35. The van der Waals surface area contributed by atoms with E-state index in [0.717, 1.165) is 6.04 Å². The lowest BCUT2D eigenvalue weighted by molar-refractivity contribution is 0.308. The summed E-state index contributed by atoms with van der Waals surface area (Å²) < 4.78 is 0. The van der Waals surface area contributed by atoms with E-state index in [0.29, 0.717) is 5.41 Å². The lowest BCUT2D eigenvalue weighted by atomic mass is 9.91. The van der Waals surface area contributed by atoms with Crippen molar-refractivity contribution in [3.8, 4) is 0 Å². The van der Waals surface area contributed by atoms with Crippen molar-refractivity contribution in [3.05, 3.63) is 0 Å². The van der Waals surface area contributed by atoms with E-state index >= 15 is 0 Å². The summed E-state index contributed by atoms with van der Waals surface area (Å²) in [5, 5.41) is 0. The van der Waals surface area contributed by atoms with Crippen molar-refractivity contribution in [1.82, 2.24) is 4.90 Å². The van der Waals surface area contributed by atoms with E-state index in [2.05, 4.69) is 32.7 Å². The second kappa shape index (κ2) is 1.98. The van der Waals surface area contributed by atoms with Crippen molar-refractivity contribution in [1.29, 1.82) is 0 Å². The molecule has 1 rings (SSSR count). The largest absolute Gasteiger partial charge is 0.303 e. The third-order valence-electron chi connectivity index (χ3n) is 2.28. The maximum Gasteiger partial charge on any atom is 0.00696 e. The van der Waals surface area contributed by atoms with Crippen LogP contribution in [0.1, 0.15) is 27.2 Å². The zero-order valence-corrected chi connectivity index (χ0v) is 6.94. The van der Waals surface area contributed by atoms with Gasteiger partial charge in [0.15, 0.2) is 0 Å². The maximum absolute atomic E-state index is 2.43. The summed E-state index contributed by atoms with van der Waals surface area (Å²) in [6, 6.07) is 0.792. The second-order valence-electron chi connectivity index (χ2n) is 4.13. The van der Waals surface area contributed by atoms with Gasteiger partial charge in [0, 0.05) is 12.6 Å². The van der Waals surface area contributed by atoms with Crippen LogP contribution in [0, 0.1) is 5.41 Å². The summed E-state index contributed by atoms with van der Waals surface area (Å²) >= 11 is 0. The van der Waals surface area contributed by atoms with Gasteiger partial charge in [0.25, 0.3) is 0 Å². The van der Waals surface area contributed by atoms with Crippen molar-refractivity contribution in [2.75, 3.05) is 13.6 Å². The molecule has 1 saturated heterocycles. The van der Waals surface area contributed by atoms with Gasteiger partial charge in [-0.2, -0.15) is 0 Å². The van der Waals surface area contributed by atoms with E-state index in [1.165, 1.54) is 13.0 Å². The van der Waals surface area contributed by atoms with Gasteiger partial charge < -0.3 is 4.90 Å². The molecule has 0 spiro atoms.